The minimum absolute atomic E-state index is 0.0691. The summed E-state index contributed by atoms with van der Waals surface area (Å²) in [5.41, 5.74) is 0.414. The van der Waals surface area contributed by atoms with Crippen molar-refractivity contribution in [2.75, 3.05) is 18.5 Å². The Balaban J connectivity index is 2.37. The number of carbonyl (C=O) groups is 4. The van der Waals surface area contributed by atoms with Crippen LogP contribution in [-0.2, 0) is 19.1 Å². The maximum Gasteiger partial charge on any atom is 0.348 e. The summed E-state index contributed by atoms with van der Waals surface area (Å²) in [7, 11) is 0. The van der Waals surface area contributed by atoms with Crippen LogP contribution in [0.15, 0.2) is 12.2 Å². The van der Waals surface area contributed by atoms with Crippen LogP contribution in [0.5, 0.6) is 0 Å². The molecule has 1 aliphatic carbocycles. The fourth-order valence-corrected chi connectivity index (χ4v) is 4.10. The van der Waals surface area contributed by atoms with Crippen molar-refractivity contribution in [3.63, 3.8) is 0 Å². The second-order valence-corrected chi connectivity index (χ2v) is 7.19. The number of nitrogens with one attached hydrogen (secondary N) is 1. The Hall–Kier alpha value is -2.68. The number of hydrogen-bond donors (Lipinski definition) is 1. The lowest BCUT2D eigenvalue weighted by atomic mass is 9.82. The Morgan fingerprint density at radius 2 is 1.64 bits per heavy atom. The van der Waals surface area contributed by atoms with Gasteiger partial charge in [-0.2, -0.15) is 0 Å². The lowest BCUT2D eigenvalue weighted by Gasteiger charge is -2.28. The fourth-order valence-electron chi connectivity index (χ4n) is 3.01. The van der Waals surface area contributed by atoms with E-state index in [0.717, 1.165) is 11.3 Å². The van der Waals surface area contributed by atoms with E-state index in [9.17, 15) is 24.3 Å². The molecular formula is C19H22NO7S-. The normalized spacial score (nSPS) is 18.4. The van der Waals surface area contributed by atoms with Gasteiger partial charge in [-0.05, 0) is 39.2 Å². The Morgan fingerprint density at radius 3 is 2.21 bits per heavy atom. The van der Waals surface area contributed by atoms with Crippen molar-refractivity contribution < 1.29 is 33.8 Å². The molecular weight excluding hydrogens is 386 g/mol. The molecule has 8 nitrogen and oxygen atoms in total. The van der Waals surface area contributed by atoms with Gasteiger partial charge in [0.25, 0.3) is 0 Å². The van der Waals surface area contributed by atoms with Gasteiger partial charge in [-0.1, -0.05) is 12.2 Å². The van der Waals surface area contributed by atoms with Gasteiger partial charge in [0.05, 0.1) is 24.7 Å². The van der Waals surface area contributed by atoms with Crippen LogP contribution < -0.4 is 10.4 Å². The van der Waals surface area contributed by atoms with Crippen molar-refractivity contribution >= 4 is 40.2 Å². The summed E-state index contributed by atoms with van der Waals surface area (Å²) in [4.78, 5) is 48.8. The number of allylic oxidation sites excluding steroid dienone is 2. The third kappa shape index (κ3) is 4.59. The molecule has 1 aliphatic rings. The van der Waals surface area contributed by atoms with Crippen LogP contribution >= 0.6 is 11.3 Å². The van der Waals surface area contributed by atoms with Crippen LogP contribution in [-0.4, -0.2) is 37.0 Å². The minimum atomic E-state index is -1.30. The number of hydrogen-bond acceptors (Lipinski definition) is 8. The molecule has 0 spiro atoms. The maximum atomic E-state index is 12.7. The first-order chi connectivity index (χ1) is 13.3. The van der Waals surface area contributed by atoms with Crippen LogP contribution in [0.2, 0.25) is 0 Å². The van der Waals surface area contributed by atoms with Crippen molar-refractivity contribution in [1.82, 2.24) is 0 Å². The molecule has 1 heterocycles. The second-order valence-electron chi connectivity index (χ2n) is 6.17. The van der Waals surface area contributed by atoms with Crippen molar-refractivity contribution in [2.24, 2.45) is 11.8 Å². The third-order valence-electron chi connectivity index (χ3n) is 4.40. The predicted molar refractivity (Wildman–Crippen MR) is 100.0 cm³/mol. The van der Waals surface area contributed by atoms with Crippen LogP contribution in [0.1, 0.15) is 52.3 Å². The summed E-state index contributed by atoms with van der Waals surface area (Å²) in [5, 5.41) is 14.1. The zero-order valence-electron chi connectivity index (χ0n) is 15.9. The zero-order chi connectivity index (χ0) is 20.8. The van der Waals surface area contributed by atoms with Gasteiger partial charge in [-0.25, -0.2) is 9.59 Å². The highest BCUT2D eigenvalue weighted by atomic mass is 32.1. The van der Waals surface area contributed by atoms with Gasteiger partial charge in [0, 0.05) is 11.9 Å². The molecule has 1 aromatic rings. The van der Waals surface area contributed by atoms with Crippen molar-refractivity contribution in [2.45, 2.75) is 33.6 Å². The van der Waals surface area contributed by atoms with Crippen LogP contribution in [0.3, 0.4) is 0 Å². The van der Waals surface area contributed by atoms with Gasteiger partial charge in [0.2, 0.25) is 5.91 Å². The van der Waals surface area contributed by atoms with Crippen molar-refractivity contribution in [1.29, 1.82) is 0 Å². The first kappa shape index (κ1) is 21.6. The number of anilines is 1. The lowest BCUT2D eigenvalue weighted by Crippen LogP contribution is -2.41. The molecule has 0 radical (unpaired) electrons. The number of carbonyl (C=O) groups excluding carboxylic acids is 4. The molecule has 0 saturated carbocycles. The summed E-state index contributed by atoms with van der Waals surface area (Å²) in [5.74, 6) is -4.93. The van der Waals surface area contributed by atoms with Gasteiger partial charge in [0.1, 0.15) is 9.88 Å². The van der Waals surface area contributed by atoms with Gasteiger partial charge >= 0.3 is 11.9 Å². The van der Waals surface area contributed by atoms with E-state index >= 15 is 0 Å². The smallest absolute Gasteiger partial charge is 0.348 e. The van der Waals surface area contributed by atoms with Crippen LogP contribution in [0.25, 0.3) is 0 Å². The fraction of sp³-hybridized carbons (Fsp3) is 0.474. The molecule has 1 amide bonds. The van der Waals surface area contributed by atoms with E-state index in [-0.39, 0.29) is 41.5 Å². The number of amides is 1. The quantitative estimate of drug-likeness (QED) is 0.538. The molecule has 0 aliphatic heterocycles. The first-order valence-electron chi connectivity index (χ1n) is 8.96. The van der Waals surface area contributed by atoms with E-state index in [1.807, 2.05) is 0 Å². The average Bonchev–Trinajstić information content (AvgIpc) is 2.98. The summed E-state index contributed by atoms with van der Waals surface area (Å²) in [6.45, 7) is 5.15. The number of esters is 2. The van der Waals surface area contributed by atoms with Gasteiger partial charge < -0.3 is 24.7 Å². The summed E-state index contributed by atoms with van der Waals surface area (Å²) < 4.78 is 10.0. The van der Waals surface area contributed by atoms with E-state index in [4.69, 9.17) is 9.47 Å². The molecule has 0 fully saturated rings. The Morgan fingerprint density at radius 1 is 1.07 bits per heavy atom. The summed E-state index contributed by atoms with van der Waals surface area (Å²) >= 11 is 0.902. The highest BCUT2D eigenvalue weighted by Crippen LogP contribution is 2.36. The van der Waals surface area contributed by atoms with E-state index in [0.29, 0.717) is 5.56 Å². The first-order valence-corrected chi connectivity index (χ1v) is 9.77. The Bertz CT molecular complexity index is 811. The van der Waals surface area contributed by atoms with Gasteiger partial charge in [0.15, 0.2) is 0 Å². The van der Waals surface area contributed by atoms with E-state index in [2.05, 4.69) is 5.32 Å². The number of thiophene rings is 1. The highest BCUT2D eigenvalue weighted by molar-refractivity contribution is 7.18. The molecule has 28 heavy (non-hydrogen) atoms. The summed E-state index contributed by atoms with van der Waals surface area (Å²) in [6.07, 6.45) is 3.87. The molecule has 152 valence electrons. The minimum Gasteiger partial charge on any atom is -0.550 e. The van der Waals surface area contributed by atoms with Crippen molar-refractivity contribution in [3.05, 3.63) is 28.2 Å². The maximum absolute atomic E-state index is 12.7. The number of carboxylic acids is 1. The highest BCUT2D eigenvalue weighted by Gasteiger charge is 2.33. The number of aliphatic carboxylic acids is 1. The van der Waals surface area contributed by atoms with E-state index in [1.54, 1.807) is 32.9 Å². The zero-order valence-corrected chi connectivity index (χ0v) is 16.7. The SMILES string of the molecule is CCOC(=O)c1sc(NC(=O)[C@@H]2CC=CC[C@H]2C(=O)[O-])c(C(=O)OCC)c1C. The predicted octanol–water partition coefficient (Wildman–Crippen LogP) is 1.68. The molecule has 0 unspecified atom stereocenters. The average molecular weight is 408 g/mol. The number of ether oxygens (including phenoxy) is 2. The molecule has 1 N–H and O–H groups in total. The van der Waals surface area contributed by atoms with Crippen LogP contribution in [0.4, 0.5) is 5.00 Å². The van der Waals surface area contributed by atoms with Crippen LogP contribution in [0, 0.1) is 18.8 Å². The standard InChI is InChI=1S/C19H23NO7S/c1-4-26-18(24)13-10(3)14(19(25)27-5-2)28-16(13)20-15(21)11-8-6-7-9-12(11)17(22)23/h6-7,11-12H,4-5,8-9H2,1-3H3,(H,20,21)(H,22,23)/p-1/t11-,12-/m1/s1. The largest absolute Gasteiger partial charge is 0.550 e. The summed E-state index contributed by atoms with van der Waals surface area (Å²) in [6, 6.07) is 0. The number of rotatable bonds is 7. The Kier molecular flexibility index (Phi) is 7.33. The molecule has 1 aromatic heterocycles. The molecule has 9 heteroatoms. The molecule has 2 rings (SSSR count). The molecule has 2 atom stereocenters. The lowest BCUT2D eigenvalue weighted by molar-refractivity contribution is -0.313. The monoisotopic (exact) mass is 408 g/mol. The van der Waals surface area contributed by atoms with E-state index in [1.165, 1.54) is 0 Å². The molecule has 0 aromatic carbocycles. The van der Waals surface area contributed by atoms with Gasteiger partial charge in [-0.15, -0.1) is 11.3 Å². The molecule has 0 saturated heterocycles. The molecule has 0 bridgehead atoms. The topological polar surface area (TPSA) is 122 Å². The number of carboxylic acid groups (broad SMARTS) is 1. The van der Waals surface area contributed by atoms with Crippen molar-refractivity contribution in [3.8, 4) is 0 Å². The Labute approximate surface area is 166 Å². The van der Waals surface area contributed by atoms with Gasteiger partial charge in [-0.3, -0.25) is 4.79 Å². The van der Waals surface area contributed by atoms with E-state index < -0.39 is 35.7 Å². The second kappa shape index (κ2) is 9.50. The third-order valence-corrected chi connectivity index (χ3v) is 5.58.